The molecule has 1 saturated heterocycles. The van der Waals surface area contributed by atoms with Crippen LogP contribution in [-0.4, -0.2) is 56.6 Å². The van der Waals surface area contributed by atoms with E-state index < -0.39 is 0 Å². The molecule has 0 aliphatic carbocycles. The summed E-state index contributed by atoms with van der Waals surface area (Å²) in [5.74, 6) is -0.0497. The number of amides is 2. The predicted molar refractivity (Wildman–Crippen MR) is 85.0 cm³/mol. The highest BCUT2D eigenvalue weighted by Crippen LogP contribution is 2.15. The third-order valence-corrected chi connectivity index (χ3v) is 3.58. The summed E-state index contributed by atoms with van der Waals surface area (Å²) in [6, 6.07) is 7.04. The minimum Gasteiger partial charge on any atom is -0.383 e. The molecule has 2 N–H and O–H groups in total. The summed E-state index contributed by atoms with van der Waals surface area (Å²) in [4.78, 5) is 25.8. The van der Waals surface area contributed by atoms with Crippen molar-refractivity contribution in [2.45, 2.75) is 12.8 Å². The first-order valence-corrected chi connectivity index (χ1v) is 7.59. The summed E-state index contributed by atoms with van der Waals surface area (Å²) in [6.45, 7) is 3.11. The summed E-state index contributed by atoms with van der Waals surface area (Å²) in [5, 5.41) is 5.76. The van der Waals surface area contributed by atoms with E-state index in [9.17, 15) is 9.59 Å². The van der Waals surface area contributed by atoms with Crippen LogP contribution in [-0.2, 0) is 9.53 Å². The van der Waals surface area contributed by atoms with Gasteiger partial charge in [0.15, 0.2) is 0 Å². The van der Waals surface area contributed by atoms with Crippen LogP contribution in [0, 0.1) is 0 Å². The van der Waals surface area contributed by atoms with Crippen LogP contribution in [0.2, 0.25) is 0 Å². The number of carbonyl (C=O) groups is 2. The monoisotopic (exact) mass is 305 g/mol. The molecule has 22 heavy (non-hydrogen) atoms. The van der Waals surface area contributed by atoms with Crippen LogP contribution in [0.4, 0.5) is 5.69 Å². The van der Waals surface area contributed by atoms with E-state index in [0.29, 0.717) is 24.4 Å². The van der Waals surface area contributed by atoms with Crippen molar-refractivity contribution in [3.63, 3.8) is 0 Å². The van der Waals surface area contributed by atoms with E-state index in [1.54, 1.807) is 31.4 Å². The number of likely N-dealkylation sites (tertiary alicyclic amines) is 1. The van der Waals surface area contributed by atoms with Gasteiger partial charge in [-0.25, -0.2) is 0 Å². The second-order valence-electron chi connectivity index (χ2n) is 5.29. The zero-order chi connectivity index (χ0) is 15.8. The molecule has 2 amide bonds. The number of benzene rings is 1. The van der Waals surface area contributed by atoms with Crippen molar-refractivity contribution in [1.82, 2.24) is 10.2 Å². The fourth-order valence-corrected chi connectivity index (χ4v) is 2.38. The molecule has 1 aromatic rings. The number of hydrogen-bond acceptors (Lipinski definition) is 4. The Morgan fingerprint density at radius 3 is 2.50 bits per heavy atom. The second-order valence-corrected chi connectivity index (χ2v) is 5.29. The lowest BCUT2D eigenvalue weighted by Gasteiger charge is -2.15. The number of nitrogens with one attached hydrogen (secondary N) is 2. The van der Waals surface area contributed by atoms with Gasteiger partial charge in [-0.3, -0.25) is 9.59 Å². The maximum Gasteiger partial charge on any atom is 0.253 e. The highest BCUT2D eigenvalue weighted by molar-refractivity contribution is 5.96. The molecular formula is C16H23N3O3. The number of hydrogen-bond donors (Lipinski definition) is 2. The summed E-state index contributed by atoms with van der Waals surface area (Å²) < 4.78 is 4.89. The van der Waals surface area contributed by atoms with Crippen molar-refractivity contribution < 1.29 is 14.3 Å². The molecule has 1 aliphatic heterocycles. The fourth-order valence-electron chi connectivity index (χ4n) is 2.38. The Morgan fingerprint density at radius 1 is 1.18 bits per heavy atom. The summed E-state index contributed by atoms with van der Waals surface area (Å²) in [7, 11) is 1.62. The SMILES string of the molecule is COCCNCC(=O)Nc1ccc(C(=O)N2CCCC2)cc1. The first-order chi connectivity index (χ1) is 10.7. The molecule has 0 radical (unpaired) electrons. The quantitative estimate of drug-likeness (QED) is 0.740. The number of ether oxygens (including phenoxy) is 1. The lowest BCUT2D eigenvalue weighted by molar-refractivity contribution is -0.115. The maximum atomic E-state index is 12.2. The lowest BCUT2D eigenvalue weighted by Crippen LogP contribution is -2.30. The average molecular weight is 305 g/mol. The van der Waals surface area contributed by atoms with Gasteiger partial charge in [-0.15, -0.1) is 0 Å². The molecule has 6 heteroatoms. The largest absolute Gasteiger partial charge is 0.383 e. The zero-order valence-corrected chi connectivity index (χ0v) is 12.9. The molecule has 2 rings (SSSR count). The maximum absolute atomic E-state index is 12.2. The molecule has 0 bridgehead atoms. The number of methoxy groups -OCH3 is 1. The molecule has 120 valence electrons. The second kappa shape index (κ2) is 8.51. The Kier molecular flexibility index (Phi) is 6.36. The number of carbonyl (C=O) groups excluding carboxylic acids is 2. The third kappa shape index (κ3) is 4.82. The van der Waals surface area contributed by atoms with Gasteiger partial charge in [-0.05, 0) is 37.1 Å². The molecule has 0 aromatic heterocycles. The molecule has 1 fully saturated rings. The van der Waals surface area contributed by atoms with E-state index in [4.69, 9.17) is 4.74 Å². The van der Waals surface area contributed by atoms with Gasteiger partial charge in [0.2, 0.25) is 5.91 Å². The Bertz CT molecular complexity index is 496. The molecule has 1 heterocycles. The first-order valence-electron chi connectivity index (χ1n) is 7.59. The van der Waals surface area contributed by atoms with Crippen LogP contribution in [0.25, 0.3) is 0 Å². The number of nitrogens with zero attached hydrogens (tertiary/aromatic N) is 1. The fraction of sp³-hybridized carbons (Fsp3) is 0.500. The van der Waals surface area contributed by atoms with Gasteiger partial charge in [0.25, 0.3) is 5.91 Å². The zero-order valence-electron chi connectivity index (χ0n) is 12.9. The molecule has 1 aromatic carbocycles. The van der Waals surface area contributed by atoms with Gasteiger partial charge in [-0.1, -0.05) is 0 Å². The van der Waals surface area contributed by atoms with Crippen molar-refractivity contribution >= 4 is 17.5 Å². The number of rotatable bonds is 7. The van der Waals surface area contributed by atoms with E-state index in [2.05, 4.69) is 10.6 Å². The molecule has 0 unspecified atom stereocenters. The van der Waals surface area contributed by atoms with Crippen LogP contribution in [0.1, 0.15) is 23.2 Å². The first kappa shape index (κ1) is 16.5. The minimum atomic E-state index is -0.116. The third-order valence-electron chi connectivity index (χ3n) is 3.58. The smallest absolute Gasteiger partial charge is 0.253 e. The van der Waals surface area contributed by atoms with Crippen LogP contribution in [0.15, 0.2) is 24.3 Å². The van der Waals surface area contributed by atoms with E-state index in [0.717, 1.165) is 25.9 Å². The van der Waals surface area contributed by atoms with Gasteiger partial charge < -0.3 is 20.3 Å². The van der Waals surface area contributed by atoms with Crippen LogP contribution >= 0.6 is 0 Å². The molecular weight excluding hydrogens is 282 g/mol. The van der Waals surface area contributed by atoms with Crippen molar-refractivity contribution in [3.8, 4) is 0 Å². The van der Waals surface area contributed by atoms with Gasteiger partial charge in [0.1, 0.15) is 0 Å². The average Bonchev–Trinajstić information content (AvgIpc) is 3.06. The normalized spacial score (nSPS) is 14.1. The highest BCUT2D eigenvalue weighted by Gasteiger charge is 2.19. The highest BCUT2D eigenvalue weighted by atomic mass is 16.5. The Labute approximate surface area is 130 Å². The Hall–Kier alpha value is -1.92. The van der Waals surface area contributed by atoms with Crippen molar-refractivity contribution in [1.29, 1.82) is 0 Å². The minimum absolute atomic E-state index is 0.0663. The van der Waals surface area contributed by atoms with E-state index >= 15 is 0 Å². The molecule has 0 saturated carbocycles. The van der Waals surface area contributed by atoms with E-state index in [-0.39, 0.29) is 18.4 Å². The summed E-state index contributed by atoms with van der Waals surface area (Å²) in [6.07, 6.45) is 2.16. The topological polar surface area (TPSA) is 70.7 Å². The van der Waals surface area contributed by atoms with Crippen LogP contribution in [0.3, 0.4) is 0 Å². The van der Waals surface area contributed by atoms with Crippen molar-refractivity contribution in [3.05, 3.63) is 29.8 Å². The standard InChI is InChI=1S/C16H23N3O3/c1-22-11-8-17-12-15(20)18-14-6-4-13(5-7-14)16(21)19-9-2-3-10-19/h4-7,17H,2-3,8-12H2,1H3,(H,18,20). The Morgan fingerprint density at radius 2 is 1.86 bits per heavy atom. The summed E-state index contributed by atoms with van der Waals surface area (Å²) in [5.41, 5.74) is 1.36. The molecule has 0 atom stereocenters. The lowest BCUT2D eigenvalue weighted by atomic mass is 10.2. The van der Waals surface area contributed by atoms with Gasteiger partial charge in [0, 0.05) is 38.0 Å². The predicted octanol–water partition coefficient (Wildman–Crippen LogP) is 1.10. The van der Waals surface area contributed by atoms with Crippen molar-refractivity contribution in [2.24, 2.45) is 0 Å². The molecule has 0 spiro atoms. The summed E-state index contributed by atoms with van der Waals surface area (Å²) >= 11 is 0. The van der Waals surface area contributed by atoms with Gasteiger partial charge in [-0.2, -0.15) is 0 Å². The van der Waals surface area contributed by atoms with Crippen molar-refractivity contribution in [2.75, 3.05) is 45.2 Å². The van der Waals surface area contributed by atoms with E-state index in [1.165, 1.54) is 0 Å². The van der Waals surface area contributed by atoms with E-state index in [1.807, 2.05) is 4.90 Å². The molecule has 6 nitrogen and oxygen atoms in total. The van der Waals surface area contributed by atoms with Crippen LogP contribution < -0.4 is 10.6 Å². The number of anilines is 1. The molecule has 1 aliphatic rings. The van der Waals surface area contributed by atoms with Gasteiger partial charge >= 0.3 is 0 Å². The van der Waals surface area contributed by atoms with Gasteiger partial charge in [0.05, 0.1) is 13.2 Å². The van der Waals surface area contributed by atoms with Crippen LogP contribution in [0.5, 0.6) is 0 Å². The Balaban J connectivity index is 1.81.